The van der Waals surface area contributed by atoms with Crippen LogP contribution in [0.25, 0.3) is 0 Å². The van der Waals surface area contributed by atoms with Crippen molar-refractivity contribution in [2.75, 3.05) is 4.90 Å². The molecule has 36 heavy (non-hydrogen) atoms. The molecule has 1 heterocycles. The Morgan fingerprint density at radius 2 is 1.25 bits per heavy atom. The van der Waals surface area contributed by atoms with Crippen molar-refractivity contribution in [3.8, 4) is 0 Å². The number of rotatable bonds is 6. The highest BCUT2D eigenvalue weighted by molar-refractivity contribution is 6.35. The number of halogens is 1. The van der Waals surface area contributed by atoms with Gasteiger partial charge in [0.1, 0.15) is 0 Å². The van der Waals surface area contributed by atoms with Crippen LogP contribution >= 0.6 is 11.6 Å². The van der Waals surface area contributed by atoms with Crippen molar-refractivity contribution in [3.63, 3.8) is 0 Å². The Bertz CT molecular complexity index is 1460. The number of anilines is 1. The first-order valence-electron chi connectivity index (χ1n) is 11.1. The lowest BCUT2D eigenvalue weighted by atomic mass is 9.99. The van der Waals surface area contributed by atoms with E-state index < -0.39 is 29.7 Å². The SMILES string of the molecule is O=C(O[C@H](C(=O)c1ccccc1)c1ccc(Cl)cc1)c1ccccc1N1C(=O)c2ccccc2C1=O. The number of amides is 2. The molecule has 7 heteroatoms. The van der Waals surface area contributed by atoms with Crippen molar-refractivity contribution in [1.29, 1.82) is 0 Å². The van der Waals surface area contributed by atoms with Gasteiger partial charge in [-0.3, -0.25) is 14.4 Å². The van der Waals surface area contributed by atoms with Crippen LogP contribution in [0.4, 0.5) is 5.69 Å². The van der Waals surface area contributed by atoms with E-state index in [1.54, 1.807) is 91.0 Å². The van der Waals surface area contributed by atoms with Gasteiger partial charge in [0.15, 0.2) is 6.10 Å². The van der Waals surface area contributed by atoms with Gasteiger partial charge in [-0.05, 0) is 36.4 Å². The van der Waals surface area contributed by atoms with E-state index in [0.29, 0.717) is 16.1 Å². The van der Waals surface area contributed by atoms with Gasteiger partial charge < -0.3 is 4.74 Å². The van der Waals surface area contributed by atoms with Crippen LogP contribution in [0.2, 0.25) is 5.02 Å². The van der Waals surface area contributed by atoms with Crippen molar-refractivity contribution in [2.45, 2.75) is 6.10 Å². The molecule has 0 bridgehead atoms. The van der Waals surface area contributed by atoms with Crippen molar-refractivity contribution < 1.29 is 23.9 Å². The molecule has 5 rings (SSSR count). The van der Waals surface area contributed by atoms with Gasteiger partial charge in [0, 0.05) is 16.1 Å². The summed E-state index contributed by atoms with van der Waals surface area (Å²) in [5.74, 6) is -2.35. The quantitative estimate of drug-likeness (QED) is 0.188. The molecular formula is C29H18ClNO5. The first kappa shape index (κ1) is 23.2. The maximum atomic E-state index is 13.4. The number of ether oxygens (including phenoxy) is 1. The molecule has 0 saturated carbocycles. The molecule has 4 aromatic carbocycles. The van der Waals surface area contributed by atoms with Crippen LogP contribution < -0.4 is 4.90 Å². The normalized spacial score (nSPS) is 13.3. The highest BCUT2D eigenvalue weighted by Crippen LogP contribution is 2.33. The van der Waals surface area contributed by atoms with E-state index in [1.807, 2.05) is 0 Å². The Balaban J connectivity index is 1.51. The molecule has 2 amide bonds. The number of ketones is 1. The molecule has 0 unspecified atom stereocenters. The molecule has 0 spiro atoms. The Labute approximate surface area is 211 Å². The van der Waals surface area contributed by atoms with E-state index in [2.05, 4.69) is 0 Å². The highest BCUT2D eigenvalue weighted by atomic mass is 35.5. The van der Waals surface area contributed by atoms with Crippen molar-refractivity contribution in [3.05, 3.63) is 136 Å². The molecule has 1 aliphatic rings. The third-order valence-corrected chi connectivity index (χ3v) is 6.10. The zero-order valence-corrected chi connectivity index (χ0v) is 19.5. The lowest BCUT2D eigenvalue weighted by Gasteiger charge is -2.21. The molecule has 1 atom stereocenters. The largest absolute Gasteiger partial charge is 0.445 e. The maximum absolute atomic E-state index is 13.4. The number of esters is 1. The summed E-state index contributed by atoms with van der Waals surface area (Å²) < 4.78 is 5.75. The van der Waals surface area contributed by atoms with Crippen molar-refractivity contribution >= 4 is 40.9 Å². The standard InChI is InChI=1S/C29H18ClNO5/c30-20-16-14-19(15-17-20)26(25(32)18-8-2-1-3-9-18)36-29(35)23-12-6-7-13-24(23)31-27(33)21-10-4-5-11-22(21)28(31)34/h1-17,26H/t26-/m0/s1. The summed E-state index contributed by atoms with van der Waals surface area (Å²) in [6.07, 6.45) is -1.27. The summed E-state index contributed by atoms with van der Waals surface area (Å²) in [5, 5.41) is 0.465. The van der Waals surface area contributed by atoms with Crippen LogP contribution in [-0.2, 0) is 4.74 Å². The second-order valence-corrected chi connectivity index (χ2v) is 8.51. The number of benzene rings is 4. The topological polar surface area (TPSA) is 80.8 Å². The zero-order chi connectivity index (χ0) is 25.2. The maximum Gasteiger partial charge on any atom is 0.341 e. The minimum absolute atomic E-state index is 0.0215. The van der Waals surface area contributed by atoms with Gasteiger partial charge in [-0.25, -0.2) is 9.69 Å². The number of hydrogen-bond donors (Lipinski definition) is 0. The van der Waals surface area contributed by atoms with E-state index in [1.165, 1.54) is 12.1 Å². The number of para-hydroxylation sites is 1. The first-order chi connectivity index (χ1) is 17.5. The molecule has 1 aliphatic heterocycles. The van der Waals surface area contributed by atoms with Gasteiger partial charge in [0.25, 0.3) is 11.8 Å². The summed E-state index contributed by atoms with van der Waals surface area (Å²) in [4.78, 5) is 53.8. The fraction of sp³-hybridized carbons (Fsp3) is 0.0345. The Hall–Kier alpha value is -4.55. The predicted molar refractivity (Wildman–Crippen MR) is 134 cm³/mol. The number of imide groups is 1. The zero-order valence-electron chi connectivity index (χ0n) is 18.8. The highest BCUT2D eigenvalue weighted by Gasteiger charge is 2.38. The van der Waals surface area contributed by atoms with Gasteiger partial charge in [0.2, 0.25) is 5.78 Å². The molecule has 6 nitrogen and oxygen atoms in total. The summed E-state index contributed by atoms with van der Waals surface area (Å²) in [6, 6.07) is 27.5. The third kappa shape index (κ3) is 4.19. The molecule has 0 radical (unpaired) electrons. The number of carbonyl (C=O) groups excluding carboxylic acids is 4. The Morgan fingerprint density at radius 3 is 1.89 bits per heavy atom. The minimum Gasteiger partial charge on any atom is -0.445 e. The van der Waals surface area contributed by atoms with E-state index >= 15 is 0 Å². The number of carbonyl (C=O) groups is 4. The van der Waals surface area contributed by atoms with Crippen molar-refractivity contribution in [2.24, 2.45) is 0 Å². The number of fused-ring (bicyclic) bond motifs is 1. The average molecular weight is 496 g/mol. The third-order valence-electron chi connectivity index (χ3n) is 5.85. The predicted octanol–water partition coefficient (Wildman–Crippen LogP) is 5.92. The summed E-state index contributed by atoms with van der Waals surface area (Å²) >= 11 is 6.01. The van der Waals surface area contributed by atoms with Crippen LogP contribution in [0.15, 0.2) is 103 Å². The van der Waals surface area contributed by atoms with Crippen LogP contribution in [0, 0.1) is 0 Å². The molecule has 0 N–H and O–H groups in total. The molecule has 0 aliphatic carbocycles. The number of hydrogen-bond acceptors (Lipinski definition) is 5. The monoisotopic (exact) mass is 495 g/mol. The minimum atomic E-state index is -1.27. The summed E-state index contributed by atoms with van der Waals surface area (Å²) in [5.41, 5.74) is 1.36. The van der Waals surface area contributed by atoms with Gasteiger partial charge in [-0.2, -0.15) is 0 Å². The van der Waals surface area contributed by atoms with E-state index in [4.69, 9.17) is 16.3 Å². The second-order valence-electron chi connectivity index (χ2n) is 8.08. The molecule has 4 aromatic rings. The smallest absolute Gasteiger partial charge is 0.341 e. The average Bonchev–Trinajstić information content (AvgIpc) is 3.17. The van der Waals surface area contributed by atoms with E-state index in [9.17, 15) is 19.2 Å². The molecule has 176 valence electrons. The lowest BCUT2D eigenvalue weighted by Crippen LogP contribution is -2.31. The molecule has 0 aromatic heterocycles. The van der Waals surface area contributed by atoms with Gasteiger partial charge in [-0.1, -0.05) is 78.3 Å². The molecule has 0 fully saturated rings. The van der Waals surface area contributed by atoms with E-state index in [0.717, 1.165) is 4.90 Å². The molecule has 0 saturated heterocycles. The number of Topliss-reactive ketones (excluding diaryl/α,β-unsaturated/α-hetero) is 1. The lowest BCUT2D eigenvalue weighted by molar-refractivity contribution is 0.0281. The van der Waals surface area contributed by atoms with Crippen molar-refractivity contribution in [1.82, 2.24) is 0 Å². The van der Waals surface area contributed by atoms with Gasteiger partial charge in [-0.15, -0.1) is 0 Å². The van der Waals surface area contributed by atoms with Crippen LogP contribution in [0.5, 0.6) is 0 Å². The molecular weight excluding hydrogens is 478 g/mol. The summed E-state index contributed by atoms with van der Waals surface area (Å²) in [6.45, 7) is 0. The summed E-state index contributed by atoms with van der Waals surface area (Å²) in [7, 11) is 0. The van der Waals surface area contributed by atoms with E-state index in [-0.39, 0.29) is 22.4 Å². The van der Waals surface area contributed by atoms with Crippen LogP contribution in [-0.4, -0.2) is 23.6 Å². The van der Waals surface area contributed by atoms with Gasteiger partial charge in [0.05, 0.1) is 22.4 Å². The fourth-order valence-electron chi connectivity index (χ4n) is 4.08. The fourth-order valence-corrected chi connectivity index (χ4v) is 4.21. The first-order valence-corrected chi connectivity index (χ1v) is 11.5. The van der Waals surface area contributed by atoms with Crippen LogP contribution in [0.1, 0.15) is 53.1 Å². The number of nitrogens with zero attached hydrogens (tertiary/aromatic N) is 1. The van der Waals surface area contributed by atoms with Crippen LogP contribution in [0.3, 0.4) is 0 Å². The Morgan fingerprint density at radius 1 is 0.694 bits per heavy atom. The Kier molecular flexibility index (Phi) is 6.19. The van der Waals surface area contributed by atoms with Gasteiger partial charge >= 0.3 is 5.97 Å². The second kappa shape index (κ2) is 9.60.